The summed E-state index contributed by atoms with van der Waals surface area (Å²) >= 11 is 0. The molecule has 1 aliphatic carbocycles. The minimum absolute atomic E-state index is 0.379. The zero-order valence-corrected chi connectivity index (χ0v) is 18.1. The molecule has 0 aliphatic heterocycles. The molecular formula is C25H21F3N6. The van der Waals surface area contributed by atoms with Gasteiger partial charge in [0.05, 0.1) is 35.0 Å². The molecule has 0 amide bonds. The van der Waals surface area contributed by atoms with Crippen molar-refractivity contribution in [2.24, 2.45) is 5.92 Å². The van der Waals surface area contributed by atoms with Crippen molar-refractivity contribution in [2.45, 2.75) is 19.0 Å². The van der Waals surface area contributed by atoms with Gasteiger partial charge in [0.1, 0.15) is 11.4 Å². The van der Waals surface area contributed by atoms with E-state index in [1.165, 1.54) is 18.9 Å². The Hall–Kier alpha value is -4.14. The first-order valence-electron chi connectivity index (χ1n) is 10.7. The SMILES string of the molecule is C=C(Nc1ccc(C(F)(F)F)nc1)c1n[nH]c2ccc(-c3cncc(NC(=C)C4CC4)c3)cc12. The predicted octanol–water partition coefficient (Wildman–Crippen LogP) is 6.46. The Morgan fingerprint density at radius 3 is 2.47 bits per heavy atom. The molecule has 0 radical (unpaired) electrons. The van der Waals surface area contributed by atoms with E-state index in [9.17, 15) is 13.2 Å². The number of rotatable bonds is 7. The van der Waals surface area contributed by atoms with Crippen molar-refractivity contribution >= 4 is 28.0 Å². The van der Waals surface area contributed by atoms with Crippen LogP contribution in [-0.4, -0.2) is 20.2 Å². The maximum atomic E-state index is 12.8. The Labute approximate surface area is 193 Å². The molecule has 0 atom stereocenters. The second-order valence-corrected chi connectivity index (χ2v) is 8.25. The molecule has 0 spiro atoms. The summed E-state index contributed by atoms with van der Waals surface area (Å²) < 4.78 is 38.3. The molecule has 172 valence electrons. The van der Waals surface area contributed by atoms with E-state index in [2.05, 4.69) is 44.0 Å². The highest BCUT2D eigenvalue weighted by Gasteiger charge is 2.32. The van der Waals surface area contributed by atoms with Gasteiger partial charge in [-0.15, -0.1) is 0 Å². The maximum Gasteiger partial charge on any atom is 0.433 e. The van der Waals surface area contributed by atoms with E-state index < -0.39 is 11.9 Å². The van der Waals surface area contributed by atoms with E-state index in [1.54, 1.807) is 12.4 Å². The van der Waals surface area contributed by atoms with Crippen molar-refractivity contribution in [3.05, 3.63) is 85.2 Å². The molecule has 0 saturated heterocycles. The monoisotopic (exact) mass is 462 g/mol. The number of hydrogen-bond donors (Lipinski definition) is 3. The van der Waals surface area contributed by atoms with Crippen LogP contribution in [0.2, 0.25) is 0 Å². The Kier molecular flexibility index (Phi) is 5.31. The quantitative estimate of drug-likeness (QED) is 0.294. The Morgan fingerprint density at radius 2 is 1.76 bits per heavy atom. The van der Waals surface area contributed by atoms with Crippen LogP contribution in [0.15, 0.2) is 73.8 Å². The zero-order valence-electron chi connectivity index (χ0n) is 18.1. The van der Waals surface area contributed by atoms with Gasteiger partial charge >= 0.3 is 6.18 Å². The van der Waals surface area contributed by atoms with Crippen LogP contribution in [0.3, 0.4) is 0 Å². The van der Waals surface area contributed by atoms with E-state index in [0.29, 0.717) is 23.0 Å². The molecule has 6 nitrogen and oxygen atoms in total. The molecule has 34 heavy (non-hydrogen) atoms. The highest BCUT2D eigenvalue weighted by molar-refractivity contribution is 5.95. The summed E-state index contributed by atoms with van der Waals surface area (Å²) in [4.78, 5) is 7.82. The lowest BCUT2D eigenvalue weighted by molar-refractivity contribution is -0.141. The van der Waals surface area contributed by atoms with E-state index in [4.69, 9.17) is 0 Å². The molecule has 4 aromatic rings. The number of nitrogens with one attached hydrogen (secondary N) is 3. The molecule has 0 bridgehead atoms. The van der Waals surface area contributed by atoms with Crippen molar-refractivity contribution in [1.82, 2.24) is 20.2 Å². The Balaban J connectivity index is 1.39. The number of alkyl halides is 3. The number of anilines is 2. The van der Waals surface area contributed by atoms with E-state index in [-0.39, 0.29) is 0 Å². The molecule has 9 heteroatoms. The first-order chi connectivity index (χ1) is 16.3. The van der Waals surface area contributed by atoms with Crippen LogP contribution in [0.4, 0.5) is 24.5 Å². The molecule has 0 unspecified atom stereocenters. The normalized spacial score (nSPS) is 13.6. The fourth-order valence-corrected chi connectivity index (χ4v) is 3.68. The molecule has 3 N–H and O–H groups in total. The summed E-state index contributed by atoms with van der Waals surface area (Å²) in [5.74, 6) is 0.534. The topological polar surface area (TPSA) is 78.5 Å². The average Bonchev–Trinajstić information content (AvgIpc) is 3.58. The summed E-state index contributed by atoms with van der Waals surface area (Å²) in [7, 11) is 0. The number of pyridine rings is 2. The fourth-order valence-electron chi connectivity index (χ4n) is 3.68. The standard InChI is InChI=1S/C25H21F3N6/c1-14(16-3-4-16)31-20-9-18(11-29-12-20)17-5-7-22-21(10-17)24(34-33-22)15(2)32-19-6-8-23(30-13-19)25(26,27)28/h5-13,16,31-32H,1-4H2,(H,33,34). The molecule has 5 rings (SSSR count). The minimum atomic E-state index is -4.49. The van der Waals surface area contributed by atoms with Crippen LogP contribution in [0.5, 0.6) is 0 Å². The number of aromatic amines is 1. The van der Waals surface area contributed by atoms with Crippen LogP contribution in [0.1, 0.15) is 24.2 Å². The summed E-state index contributed by atoms with van der Waals surface area (Å²) in [5, 5.41) is 14.4. The van der Waals surface area contributed by atoms with Gasteiger partial charge in [-0.3, -0.25) is 10.1 Å². The Morgan fingerprint density at radius 1 is 0.941 bits per heavy atom. The minimum Gasteiger partial charge on any atom is -0.358 e. The lowest BCUT2D eigenvalue weighted by Gasteiger charge is -2.11. The Bertz CT molecular complexity index is 1380. The third kappa shape index (κ3) is 4.50. The predicted molar refractivity (Wildman–Crippen MR) is 127 cm³/mol. The third-order valence-electron chi connectivity index (χ3n) is 5.64. The molecule has 1 fully saturated rings. The zero-order chi connectivity index (χ0) is 23.9. The lowest BCUT2D eigenvalue weighted by atomic mass is 10.0. The third-order valence-corrected chi connectivity index (χ3v) is 5.64. The van der Waals surface area contributed by atoms with Crippen LogP contribution in [0.25, 0.3) is 27.7 Å². The number of fused-ring (bicyclic) bond motifs is 1. The van der Waals surface area contributed by atoms with Gasteiger partial charge in [-0.05, 0) is 54.7 Å². The van der Waals surface area contributed by atoms with E-state index in [0.717, 1.165) is 45.7 Å². The van der Waals surface area contributed by atoms with Crippen molar-refractivity contribution in [2.75, 3.05) is 10.6 Å². The van der Waals surface area contributed by atoms with Crippen molar-refractivity contribution in [1.29, 1.82) is 0 Å². The van der Waals surface area contributed by atoms with Gasteiger partial charge in [0.15, 0.2) is 0 Å². The largest absolute Gasteiger partial charge is 0.433 e. The highest BCUT2D eigenvalue weighted by Crippen LogP contribution is 2.36. The molecule has 3 heterocycles. The van der Waals surface area contributed by atoms with Crippen molar-refractivity contribution in [3.8, 4) is 11.1 Å². The lowest BCUT2D eigenvalue weighted by Crippen LogP contribution is -2.08. The number of hydrogen-bond acceptors (Lipinski definition) is 5. The van der Waals surface area contributed by atoms with Crippen LogP contribution in [-0.2, 0) is 6.18 Å². The summed E-state index contributed by atoms with van der Waals surface area (Å²) in [6.07, 6.45) is 2.51. The molecule has 1 aromatic carbocycles. The molecular weight excluding hydrogens is 441 g/mol. The average molecular weight is 462 g/mol. The van der Waals surface area contributed by atoms with Gasteiger partial charge in [0.2, 0.25) is 0 Å². The molecule has 1 aliphatic rings. The second-order valence-electron chi connectivity index (χ2n) is 8.25. The smallest absolute Gasteiger partial charge is 0.358 e. The van der Waals surface area contributed by atoms with Crippen molar-refractivity contribution in [3.63, 3.8) is 0 Å². The van der Waals surface area contributed by atoms with Gasteiger partial charge in [-0.1, -0.05) is 19.2 Å². The first kappa shape index (κ1) is 21.7. The fraction of sp³-hybridized carbons (Fsp3) is 0.160. The van der Waals surface area contributed by atoms with Gasteiger partial charge in [0.25, 0.3) is 0 Å². The number of halogens is 3. The number of aromatic nitrogens is 4. The maximum absolute atomic E-state index is 12.8. The summed E-state index contributed by atoms with van der Waals surface area (Å²) in [6, 6.07) is 10.1. The van der Waals surface area contributed by atoms with Gasteiger partial charge in [0, 0.05) is 22.8 Å². The van der Waals surface area contributed by atoms with Crippen LogP contribution < -0.4 is 10.6 Å². The van der Waals surface area contributed by atoms with E-state index in [1.807, 2.05) is 24.3 Å². The number of allylic oxidation sites excluding steroid dienone is 1. The van der Waals surface area contributed by atoms with Crippen LogP contribution in [0, 0.1) is 5.92 Å². The van der Waals surface area contributed by atoms with Gasteiger partial charge in [-0.25, -0.2) is 4.98 Å². The van der Waals surface area contributed by atoms with Gasteiger partial charge in [-0.2, -0.15) is 18.3 Å². The van der Waals surface area contributed by atoms with Crippen LogP contribution >= 0.6 is 0 Å². The second kappa shape index (κ2) is 8.33. The summed E-state index contributed by atoms with van der Waals surface area (Å²) in [6.45, 7) is 8.11. The van der Waals surface area contributed by atoms with Gasteiger partial charge < -0.3 is 10.6 Å². The number of H-pyrrole nitrogens is 1. The number of nitrogens with zero attached hydrogens (tertiary/aromatic N) is 3. The highest BCUT2D eigenvalue weighted by atomic mass is 19.4. The first-order valence-corrected chi connectivity index (χ1v) is 10.7. The van der Waals surface area contributed by atoms with Crippen molar-refractivity contribution < 1.29 is 13.2 Å². The molecule has 3 aromatic heterocycles. The molecule has 1 saturated carbocycles. The number of benzene rings is 1. The summed E-state index contributed by atoms with van der Waals surface area (Å²) in [5.41, 5.74) is 4.96. The van der Waals surface area contributed by atoms with E-state index >= 15 is 0 Å².